The van der Waals surface area contributed by atoms with Crippen LogP contribution in [0.15, 0.2) is 54.6 Å². The van der Waals surface area contributed by atoms with E-state index in [2.05, 4.69) is 17.1 Å². The quantitative estimate of drug-likeness (QED) is 0.585. The fourth-order valence-electron chi connectivity index (χ4n) is 1.72. The lowest BCUT2D eigenvalue weighted by atomic mass is 10.2. The number of fused-ring (bicyclic) bond motifs is 1. The maximum Gasteiger partial charge on any atom is 0.125 e. The first kappa shape index (κ1) is 10.6. The summed E-state index contributed by atoms with van der Waals surface area (Å²) >= 11 is 6.98. The fraction of sp³-hybridized carbons (Fsp3) is 0. The molecule has 17 heavy (non-hydrogen) atoms. The molecule has 1 aromatic heterocycles. The summed E-state index contributed by atoms with van der Waals surface area (Å²) < 4.78 is 0.898. The summed E-state index contributed by atoms with van der Waals surface area (Å²) in [5.74, 6) is 0. The van der Waals surface area contributed by atoms with E-state index < -0.39 is 0 Å². The minimum atomic E-state index is 0.898. The van der Waals surface area contributed by atoms with E-state index in [1.165, 1.54) is 0 Å². The van der Waals surface area contributed by atoms with E-state index in [1.807, 2.05) is 42.5 Å². The molecule has 3 aromatic rings. The van der Waals surface area contributed by atoms with Gasteiger partial charge in [0.1, 0.15) is 8.83 Å². The SMILES string of the molecule is S=c1sc(-c2ccccc2)nc2ccccc12. The van der Waals surface area contributed by atoms with Gasteiger partial charge in [-0.05, 0) is 6.07 Å². The molecule has 1 heterocycles. The lowest BCUT2D eigenvalue weighted by Crippen LogP contribution is -1.82. The summed E-state index contributed by atoms with van der Waals surface area (Å²) in [5.41, 5.74) is 2.09. The maximum absolute atomic E-state index is 5.42. The van der Waals surface area contributed by atoms with E-state index in [0.29, 0.717) is 0 Å². The van der Waals surface area contributed by atoms with Crippen LogP contribution in [0.3, 0.4) is 0 Å². The molecule has 1 nitrogen and oxygen atoms in total. The van der Waals surface area contributed by atoms with Crippen molar-refractivity contribution in [3.8, 4) is 10.6 Å². The Balaban J connectivity index is 2.30. The van der Waals surface area contributed by atoms with E-state index in [9.17, 15) is 0 Å². The van der Waals surface area contributed by atoms with Crippen molar-refractivity contribution in [2.45, 2.75) is 0 Å². The van der Waals surface area contributed by atoms with E-state index in [1.54, 1.807) is 11.3 Å². The maximum atomic E-state index is 5.42. The van der Waals surface area contributed by atoms with E-state index in [4.69, 9.17) is 12.2 Å². The Hall–Kier alpha value is -1.58. The van der Waals surface area contributed by atoms with Crippen LogP contribution in [0.25, 0.3) is 21.5 Å². The van der Waals surface area contributed by atoms with Gasteiger partial charge in [0.25, 0.3) is 0 Å². The lowest BCUT2D eigenvalue weighted by molar-refractivity contribution is 1.45. The zero-order valence-corrected chi connectivity index (χ0v) is 10.6. The zero-order valence-electron chi connectivity index (χ0n) is 8.96. The molecule has 0 bridgehead atoms. The minimum Gasteiger partial charge on any atom is -0.237 e. The summed E-state index contributed by atoms with van der Waals surface area (Å²) in [7, 11) is 0. The van der Waals surface area contributed by atoms with Gasteiger partial charge in [0, 0.05) is 10.9 Å². The molecule has 2 aromatic carbocycles. The molecule has 0 saturated heterocycles. The molecule has 0 amide bonds. The average Bonchev–Trinajstić information content (AvgIpc) is 2.40. The molecule has 3 heteroatoms. The first-order valence-corrected chi connectivity index (χ1v) is 6.52. The lowest BCUT2D eigenvalue weighted by Gasteiger charge is -2.02. The predicted molar refractivity (Wildman–Crippen MR) is 75.9 cm³/mol. The van der Waals surface area contributed by atoms with Gasteiger partial charge in [0.15, 0.2) is 0 Å². The average molecular weight is 255 g/mol. The topological polar surface area (TPSA) is 12.9 Å². The largest absolute Gasteiger partial charge is 0.237 e. The van der Waals surface area contributed by atoms with Crippen molar-refractivity contribution in [3.63, 3.8) is 0 Å². The van der Waals surface area contributed by atoms with Crippen LogP contribution in [0, 0.1) is 3.82 Å². The van der Waals surface area contributed by atoms with E-state index >= 15 is 0 Å². The fourth-order valence-corrected chi connectivity index (χ4v) is 2.99. The van der Waals surface area contributed by atoms with Gasteiger partial charge in [0.05, 0.1) is 5.52 Å². The second-order valence-electron chi connectivity index (χ2n) is 3.69. The second kappa shape index (κ2) is 4.35. The summed E-state index contributed by atoms with van der Waals surface area (Å²) in [6, 6.07) is 18.2. The predicted octanol–water partition coefficient (Wildman–Crippen LogP) is 4.69. The smallest absolute Gasteiger partial charge is 0.125 e. The number of hydrogen-bond acceptors (Lipinski definition) is 3. The van der Waals surface area contributed by atoms with Crippen molar-refractivity contribution in [3.05, 3.63) is 58.4 Å². The molecule has 0 radical (unpaired) electrons. The Bertz CT molecular complexity index is 717. The molecule has 0 spiro atoms. The molecule has 0 saturated carbocycles. The van der Waals surface area contributed by atoms with Gasteiger partial charge in [-0.25, -0.2) is 4.98 Å². The number of nitrogens with zero attached hydrogens (tertiary/aromatic N) is 1. The molecule has 0 aliphatic rings. The third-order valence-electron chi connectivity index (χ3n) is 2.56. The summed E-state index contributed by atoms with van der Waals surface area (Å²) in [6.07, 6.45) is 0. The first-order chi connectivity index (χ1) is 8.34. The van der Waals surface area contributed by atoms with Crippen LogP contribution in [0.4, 0.5) is 0 Å². The molecule has 0 aliphatic heterocycles. The van der Waals surface area contributed by atoms with Crippen LogP contribution in [0.2, 0.25) is 0 Å². The molecule has 82 valence electrons. The molecule has 0 atom stereocenters. The molecular weight excluding hydrogens is 246 g/mol. The Morgan fingerprint density at radius 1 is 0.882 bits per heavy atom. The highest BCUT2D eigenvalue weighted by Gasteiger charge is 2.03. The molecule has 0 fully saturated rings. The standard InChI is InChI=1S/C14H9NS2/c16-14-11-8-4-5-9-12(11)15-13(17-14)10-6-2-1-3-7-10/h1-9H. The van der Waals surface area contributed by atoms with Gasteiger partial charge >= 0.3 is 0 Å². The number of hydrogen-bond donors (Lipinski definition) is 0. The molecule has 0 N–H and O–H groups in total. The van der Waals surface area contributed by atoms with Gasteiger partial charge < -0.3 is 0 Å². The van der Waals surface area contributed by atoms with Crippen molar-refractivity contribution in [2.24, 2.45) is 0 Å². The Labute approximate surface area is 108 Å². The highest BCUT2D eigenvalue weighted by atomic mass is 32.1. The summed E-state index contributed by atoms with van der Waals surface area (Å²) in [5, 5.41) is 2.04. The number of benzene rings is 2. The summed E-state index contributed by atoms with van der Waals surface area (Å²) in [4.78, 5) is 4.66. The Kier molecular flexibility index (Phi) is 2.71. The molecular formula is C14H9NS2. The Morgan fingerprint density at radius 2 is 1.59 bits per heavy atom. The van der Waals surface area contributed by atoms with Crippen LogP contribution >= 0.6 is 23.6 Å². The van der Waals surface area contributed by atoms with Crippen LogP contribution in [0.5, 0.6) is 0 Å². The van der Waals surface area contributed by atoms with Crippen molar-refractivity contribution >= 4 is 34.5 Å². The van der Waals surface area contributed by atoms with E-state index in [0.717, 1.165) is 25.3 Å². The number of para-hydroxylation sites is 1. The minimum absolute atomic E-state index is 0.898. The van der Waals surface area contributed by atoms with Gasteiger partial charge in [-0.1, -0.05) is 60.7 Å². The number of aromatic nitrogens is 1. The van der Waals surface area contributed by atoms with Crippen LogP contribution in [-0.4, -0.2) is 4.98 Å². The number of rotatable bonds is 1. The molecule has 0 unspecified atom stereocenters. The highest BCUT2D eigenvalue weighted by Crippen LogP contribution is 2.26. The first-order valence-electron chi connectivity index (χ1n) is 5.30. The second-order valence-corrected chi connectivity index (χ2v) is 5.36. The van der Waals surface area contributed by atoms with Gasteiger partial charge in [-0.3, -0.25) is 0 Å². The monoisotopic (exact) mass is 255 g/mol. The van der Waals surface area contributed by atoms with Crippen molar-refractivity contribution < 1.29 is 0 Å². The van der Waals surface area contributed by atoms with Gasteiger partial charge in [-0.15, -0.1) is 11.3 Å². The van der Waals surface area contributed by atoms with Crippen molar-refractivity contribution in [2.75, 3.05) is 0 Å². The summed E-state index contributed by atoms with van der Waals surface area (Å²) in [6.45, 7) is 0. The highest BCUT2D eigenvalue weighted by molar-refractivity contribution is 7.74. The van der Waals surface area contributed by atoms with Crippen molar-refractivity contribution in [1.82, 2.24) is 4.98 Å². The third kappa shape index (κ3) is 1.99. The van der Waals surface area contributed by atoms with E-state index in [-0.39, 0.29) is 0 Å². The van der Waals surface area contributed by atoms with Crippen LogP contribution in [0.1, 0.15) is 0 Å². The van der Waals surface area contributed by atoms with Gasteiger partial charge in [-0.2, -0.15) is 0 Å². The van der Waals surface area contributed by atoms with Gasteiger partial charge in [0.2, 0.25) is 0 Å². The van der Waals surface area contributed by atoms with Crippen LogP contribution < -0.4 is 0 Å². The third-order valence-corrected chi connectivity index (χ3v) is 3.95. The molecule has 0 aliphatic carbocycles. The van der Waals surface area contributed by atoms with Crippen molar-refractivity contribution in [1.29, 1.82) is 0 Å². The Morgan fingerprint density at radius 3 is 2.41 bits per heavy atom. The van der Waals surface area contributed by atoms with Crippen LogP contribution in [-0.2, 0) is 0 Å². The molecule has 3 rings (SSSR count). The zero-order chi connectivity index (χ0) is 11.7. The normalized spacial score (nSPS) is 10.6.